The Morgan fingerprint density at radius 1 is 0.583 bits per heavy atom. The number of hydrogen-bond acceptors (Lipinski definition) is 6. The van der Waals surface area contributed by atoms with Crippen LogP contribution in [0.15, 0.2) is 24.3 Å². The fourth-order valence-electron chi connectivity index (χ4n) is 6.28. The molecule has 2 saturated carbocycles. The first-order chi connectivity index (χ1) is 17.5. The van der Waals surface area contributed by atoms with Crippen LogP contribution in [0.5, 0.6) is 0 Å². The van der Waals surface area contributed by atoms with Crippen molar-refractivity contribution < 1.29 is 19.2 Å². The van der Waals surface area contributed by atoms with Crippen LogP contribution in [0.3, 0.4) is 0 Å². The summed E-state index contributed by atoms with van der Waals surface area (Å²) in [5.74, 6) is 0.231. The van der Waals surface area contributed by atoms with E-state index in [-0.39, 0.29) is 36.5 Å². The molecular weight excluding hydrogens is 456 g/mol. The Morgan fingerprint density at radius 2 is 0.944 bits per heavy atom. The van der Waals surface area contributed by atoms with Crippen molar-refractivity contribution in [2.45, 2.75) is 89.1 Å². The lowest BCUT2D eigenvalue weighted by atomic mass is 9.89. The van der Waals surface area contributed by atoms with Crippen LogP contribution in [0.4, 0.5) is 11.4 Å². The molecule has 0 radical (unpaired) electrons. The Bertz CT molecular complexity index is 903. The van der Waals surface area contributed by atoms with Crippen molar-refractivity contribution in [2.24, 2.45) is 11.8 Å². The van der Waals surface area contributed by atoms with Crippen LogP contribution < -0.4 is 20.4 Å². The average molecular weight is 495 g/mol. The summed E-state index contributed by atoms with van der Waals surface area (Å²) in [7, 11) is 0. The smallest absolute Gasteiger partial charge is 0.251 e. The molecule has 194 valence electrons. The van der Waals surface area contributed by atoms with Gasteiger partial charge < -0.3 is 10.6 Å². The van der Waals surface area contributed by atoms with Crippen LogP contribution in [-0.2, 0) is 19.2 Å². The molecule has 2 heterocycles. The Hall–Kier alpha value is -2.58. The number of imide groups is 2. The molecular formula is C28H38N4O4. The monoisotopic (exact) mass is 494 g/mol. The van der Waals surface area contributed by atoms with Gasteiger partial charge in [0.1, 0.15) is 0 Å². The molecule has 0 bridgehead atoms. The van der Waals surface area contributed by atoms with Crippen molar-refractivity contribution in [3.05, 3.63) is 24.3 Å². The van der Waals surface area contributed by atoms with E-state index in [2.05, 4.69) is 10.6 Å². The Labute approximate surface area is 213 Å². The Morgan fingerprint density at radius 3 is 1.31 bits per heavy atom. The zero-order chi connectivity index (χ0) is 25.1. The molecule has 4 fully saturated rings. The zero-order valence-electron chi connectivity index (χ0n) is 21.0. The first kappa shape index (κ1) is 25.1. The van der Waals surface area contributed by atoms with Gasteiger partial charge in [-0.3, -0.25) is 19.2 Å². The maximum atomic E-state index is 13.0. The first-order valence-corrected chi connectivity index (χ1v) is 13.8. The molecule has 2 saturated heterocycles. The van der Waals surface area contributed by atoms with Crippen molar-refractivity contribution in [1.29, 1.82) is 0 Å². The van der Waals surface area contributed by atoms with E-state index in [1.165, 1.54) is 74.0 Å². The van der Waals surface area contributed by atoms with E-state index in [0.717, 1.165) is 13.1 Å². The molecule has 2 aliphatic heterocycles. The number of hydrogen-bond donors (Lipinski definition) is 2. The van der Waals surface area contributed by atoms with Gasteiger partial charge in [0.15, 0.2) is 0 Å². The number of rotatable bonds is 8. The molecule has 0 aromatic heterocycles. The normalized spacial score (nSPS) is 26.4. The number of anilines is 2. The summed E-state index contributed by atoms with van der Waals surface area (Å²) >= 11 is 0. The predicted octanol–water partition coefficient (Wildman–Crippen LogP) is 3.29. The molecule has 1 aromatic carbocycles. The summed E-state index contributed by atoms with van der Waals surface area (Å²) in [4.78, 5) is 53.8. The minimum absolute atomic E-state index is 0.157. The summed E-state index contributed by atoms with van der Waals surface area (Å²) in [5, 5.41) is 6.65. The fraction of sp³-hybridized carbons (Fsp3) is 0.643. The second-order valence-electron chi connectivity index (χ2n) is 11.0. The van der Waals surface area contributed by atoms with E-state index in [0.29, 0.717) is 23.2 Å². The second kappa shape index (κ2) is 11.2. The SMILES string of the molecule is O=C1C[C@@H](NCC2CCCCC2)C(=O)N1c1ccc(N2C(=O)C[C@@H](NCC3CCCCC3)C2=O)cc1. The number of amides is 4. The lowest BCUT2D eigenvalue weighted by molar-refractivity contribution is -0.123. The highest BCUT2D eigenvalue weighted by Crippen LogP contribution is 2.30. The lowest BCUT2D eigenvalue weighted by Crippen LogP contribution is -2.41. The van der Waals surface area contributed by atoms with Crippen molar-refractivity contribution in [3.8, 4) is 0 Å². The summed E-state index contributed by atoms with van der Waals surface area (Å²) in [5.41, 5.74) is 0.948. The summed E-state index contributed by atoms with van der Waals surface area (Å²) in [6.07, 6.45) is 12.6. The van der Waals surface area contributed by atoms with Gasteiger partial charge in [0, 0.05) is 0 Å². The largest absolute Gasteiger partial charge is 0.305 e. The summed E-state index contributed by atoms with van der Waals surface area (Å²) < 4.78 is 0. The highest BCUT2D eigenvalue weighted by molar-refractivity contribution is 6.24. The van der Waals surface area contributed by atoms with Crippen LogP contribution in [-0.4, -0.2) is 48.8 Å². The Balaban J connectivity index is 1.18. The molecule has 0 spiro atoms. The molecule has 8 heteroatoms. The molecule has 36 heavy (non-hydrogen) atoms. The third-order valence-corrected chi connectivity index (χ3v) is 8.41. The summed E-state index contributed by atoms with van der Waals surface area (Å²) in [6, 6.07) is 5.63. The van der Waals surface area contributed by atoms with Gasteiger partial charge in [-0.15, -0.1) is 0 Å². The zero-order valence-corrected chi connectivity index (χ0v) is 21.0. The molecule has 8 nitrogen and oxygen atoms in total. The van der Waals surface area contributed by atoms with Gasteiger partial charge in [0.25, 0.3) is 11.8 Å². The van der Waals surface area contributed by atoms with Crippen LogP contribution in [0.1, 0.15) is 77.0 Å². The maximum Gasteiger partial charge on any atom is 0.251 e. The molecule has 1 aromatic rings. The standard InChI is InChI=1S/C28H38N4O4/c33-25-15-23(29-17-19-7-3-1-4-8-19)27(35)31(25)21-11-13-22(14-12-21)32-26(34)16-24(28(32)36)30-18-20-9-5-2-6-10-20/h11-14,19-20,23-24,29-30H,1-10,15-18H2/t23-,24-/m1/s1. The Kier molecular flexibility index (Phi) is 7.82. The molecule has 4 amide bonds. The second-order valence-corrected chi connectivity index (χ2v) is 11.0. The lowest BCUT2D eigenvalue weighted by Gasteiger charge is -2.23. The van der Waals surface area contributed by atoms with E-state index < -0.39 is 12.1 Å². The molecule has 4 aliphatic rings. The third kappa shape index (κ3) is 5.39. The minimum Gasteiger partial charge on any atom is -0.305 e. The van der Waals surface area contributed by atoms with Gasteiger partial charge in [-0.2, -0.15) is 0 Å². The van der Waals surface area contributed by atoms with Crippen LogP contribution >= 0.6 is 0 Å². The molecule has 2 aliphatic carbocycles. The quantitative estimate of drug-likeness (QED) is 0.538. The van der Waals surface area contributed by atoms with Gasteiger partial charge in [-0.05, 0) is 74.9 Å². The minimum atomic E-state index is -0.489. The van der Waals surface area contributed by atoms with Gasteiger partial charge in [0.05, 0.1) is 36.3 Å². The topological polar surface area (TPSA) is 98.8 Å². The first-order valence-electron chi connectivity index (χ1n) is 13.8. The number of nitrogens with one attached hydrogen (secondary N) is 2. The highest BCUT2D eigenvalue weighted by Gasteiger charge is 2.41. The van der Waals surface area contributed by atoms with Gasteiger partial charge >= 0.3 is 0 Å². The average Bonchev–Trinajstić information content (AvgIpc) is 3.35. The van der Waals surface area contributed by atoms with E-state index in [1.807, 2.05) is 0 Å². The number of benzene rings is 1. The van der Waals surface area contributed by atoms with Crippen LogP contribution in [0.25, 0.3) is 0 Å². The van der Waals surface area contributed by atoms with E-state index in [4.69, 9.17) is 0 Å². The number of nitrogens with zero attached hydrogens (tertiary/aromatic N) is 2. The van der Waals surface area contributed by atoms with Crippen molar-refractivity contribution >= 4 is 35.0 Å². The maximum absolute atomic E-state index is 13.0. The predicted molar refractivity (Wildman–Crippen MR) is 137 cm³/mol. The van der Waals surface area contributed by atoms with Gasteiger partial charge in [-0.25, -0.2) is 9.80 Å². The molecule has 5 rings (SSSR count). The van der Waals surface area contributed by atoms with Crippen molar-refractivity contribution in [3.63, 3.8) is 0 Å². The molecule has 0 unspecified atom stereocenters. The van der Waals surface area contributed by atoms with Crippen LogP contribution in [0.2, 0.25) is 0 Å². The van der Waals surface area contributed by atoms with E-state index >= 15 is 0 Å². The summed E-state index contributed by atoms with van der Waals surface area (Å²) in [6.45, 7) is 1.54. The highest BCUT2D eigenvalue weighted by atomic mass is 16.2. The number of carbonyl (C=O) groups is 4. The van der Waals surface area contributed by atoms with Crippen molar-refractivity contribution in [2.75, 3.05) is 22.9 Å². The van der Waals surface area contributed by atoms with E-state index in [1.54, 1.807) is 24.3 Å². The molecule has 2 N–H and O–H groups in total. The third-order valence-electron chi connectivity index (χ3n) is 8.41. The molecule has 2 atom stereocenters. The number of carbonyl (C=O) groups excluding carboxylic acids is 4. The fourth-order valence-corrected chi connectivity index (χ4v) is 6.28. The van der Waals surface area contributed by atoms with Crippen LogP contribution in [0, 0.1) is 11.8 Å². The van der Waals surface area contributed by atoms with Gasteiger partial charge in [-0.1, -0.05) is 38.5 Å². The van der Waals surface area contributed by atoms with Crippen molar-refractivity contribution in [1.82, 2.24) is 10.6 Å². The van der Waals surface area contributed by atoms with Gasteiger partial charge in [0.2, 0.25) is 11.8 Å². The van der Waals surface area contributed by atoms with E-state index in [9.17, 15) is 19.2 Å².